The molecule has 3 N–H and O–H groups in total. The number of hydrogen-bond acceptors (Lipinski definition) is 15. The highest BCUT2D eigenvalue weighted by atomic mass is 31.2. The molecular weight excluding hydrogens is 1280 g/mol. The molecule has 0 aliphatic carbocycles. The Hall–Kier alpha value is -3.76. The van der Waals surface area contributed by atoms with Crippen LogP contribution in [0.15, 0.2) is 85.1 Å². The van der Waals surface area contributed by atoms with E-state index in [4.69, 9.17) is 37.0 Å². The molecule has 0 aromatic heterocycles. The van der Waals surface area contributed by atoms with Crippen LogP contribution in [0.3, 0.4) is 0 Å². The van der Waals surface area contributed by atoms with Crippen molar-refractivity contribution in [1.29, 1.82) is 0 Å². The summed E-state index contributed by atoms with van der Waals surface area (Å²) in [5.74, 6) is -2.22. The number of carbonyl (C=O) groups excluding carboxylic acids is 4. The number of ether oxygens (including phenoxy) is 4. The first-order valence-electron chi connectivity index (χ1n) is 38.9. The molecule has 0 aliphatic heterocycles. The van der Waals surface area contributed by atoms with Crippen molar-refractivity contribution in [3.63, 3.8) is 0 Å². The van der Waals surface area contributed by atoms with Gasteiger partial charge in [0.25, 0.3) is 0 Å². The highest BCUT2D eigenvalue weighted by molar-refractivity contribution is 7.47. The Kier molecular flexibility index (Phi) is 68.9. The Labute approximate surface area is 595 Å². The Morgan fingerprint density at radius 3 is 0.765 bits per heavy atom. The van der Waals surface area contributed by atoms with Gasteiger partial charge in [0.2, 0.25) is 0 Å². The van der Waals surface area contributed by atoms with Gasteiger partial charge in [-0.2, -0.15) is 0 Å². The van der Waals surface area contributed by atoms with Crippen molar-refractivity contribution in [3.8, 4) is 0 Å². The molecule has 568 valence electrons. The van der Waals surface area contributed by atoms with Crippen LogP contribution in [0.25, 0.3) is 0 Å². The molecule has 5 atom stereocenters. The maximum atomic E-state index is 13.1. The number of aliphatic hydroxyl groups is 1. The van der Waals surface area contributed by atoms with Gasteiger partial charge < -0.3 is 33.8 Å². The van der Waals surface area contributed by atoms with E-state index in [1.165, 1.54) is 103 Å². The van der Waals surface area contributed by atoms with Crippen molar-refractivity contribution in [2.75, 3.05) is 39.6 Å². The first kappa shape index (κ1) is 94.2. The molecule has 0 heterocycles. The summed E-state index contributed by atoms with van der Waals surface area (Å²) in [6.07, 6.45) is 72.7. The molecule has 0 saturated heterocycles. The predicted octanol–water partition coefficient (Wildman–Crippen LogP) is 22.2. The van der Waals surface area contributed by atoms with E-state index in [1.54, 1.807) is 0 Å². The summed E-state index contributed by atoms with van der Waals surface area (Å²) in [5.41, 5.74) is 0. The van der Waals surface area contributed by atoms with Crippen LogP contribution in [0.2, 0.25) is 0 Å². The van der Waals surface area contributed by atoms with Crippen LogP contribution < -0.4 is 0 Å². The summed E-state index contributed by atoms with van der Waals surface area (Å²) in [6.45, 7) is 4.77. The van der Waals surface area contributed by atoms with Crippen LogP contribution >= 0.6 is 15.6 Å². The van der Waals surface area contributed by atoms with Crippen molar-refractivity contribution in [3.05, 3.63) is 85.1 Å². The summed E-state index contributed by atoms with van der Waals surface area (Å²) in [5, 5.41) is 10.6. The zero-order valence-corrected chi connectivity index (χ0v) is 63.7. The summed E-state index contributed by atoms with van der Waals surface area (Å²) >= 11 is 0. The number of hydrogen-bond donors (Lipinski definition) is 3. The predicted molar refractivity (Wildman–Crippen MR) is 399 cm³/mol. The fraction of sp³-hybridized carbons (Fsp3) is 0.772. The molecule has 0 aromatic rings. The first-order valence-corrected chi connectivity index (χ1v) is 41.9. The maximum absolute atomic E-state index is 13.1. The zero-order chi connectivity index (χ0) is 71.8. The largest absolute Gasteiger partial charge is 0.472 e. The van der Waals surface area contributed by atoms with Crippen LogP contribution in [-0.4, -0.2) is 96.7 Å². The summed E-state index contributed by atoms with van der Waals surface area (Å²) < 4.78 is 68.5. The minimum Gasteiger partial charge on any atom is -0.462 e. The molecule has 0 fully saturated rings. The van der Waals surface area contributed by atoms with Crippen molar-refractivity contribution in [1.82, 2.24) is 0 Å². The van der Waals surface area contributed by atoms with Gasteiger partial charge in [0, 0.05) is 25.7 Å². The van der Waals surface area contributed by atoms with Crippen molar-refractivity contribution in [2.24, 2.45) is 0 Å². The van der Waals surface area contributed by atoms with Crippen molar-refractivity contribution < 1.29 is 80.2 Å². The minimum atomic E-state index is -4.98. The Morgan fingerprint density at radius 2 is 0.500 bits per heavy atom. The lowest BCUT2D eigenvalue weighted by molar-refractivity contribution is -0.161. The molecule has 0 bridgehead atoms. The van der Waals surface area contributed by atoms with Gasteiger partial charge in [-0.1, -0.05) is 267 Å². The molecule has 0 saturated carbocycles. The zero-order valence-electron chi connectivity index (χ0n) is 62.0. The van der Waals surface area contributed by atoms with Gasteiger partial charge in [-0.25, -0.2) is 9.13 Å². The van der Waals surface area contributed by atoms with Gasteiger partial charge in [0.15, 0.2) is 12.2 Å². The van der Waals surface area contributed by atoms with Crippen LogP contribution in [0.4, 0.5) is 0 Å². The van der Waals surface area contributed by atoms with Gasteiger partial charge in [-0.15, -0.1) is 0 Å². The quantitative estimate of drug-likeness (QED) is 0.0128. The van der Waals surface area contributed by atoms with Crippen LogP contribution in [0.5, 0.6) is 0 Å². The molecule has 98 heavy (non-hydrogen) atoms. The molecule has 0 amide bonds. The fourth-order valence-electron chi connectivity index (χ4n) is 10.4. The molecule has 0 spiro atoms. The van der Waals surface area contributed by atoms with E-state index in [0.29, 0.717) is 25.7 Å². The van der Waals surface area contributed by atoms with Gasteiger partial charge in [-0.3, -0.25) is 37.3 Å². The number of esters is 4. The second-order valence-corrected chi connectivity index (χ2v) is 28.9. The molecule has 19 heteroatoms. The highest BCUT2D eigenvalue weighted by Gasteiger charge is 2.30. The minimum absolute atomic E-state index is 0.0748. The SMILES string of the molecule is CCCCCC/C=C\C=C/CCCCCCCC(=O)OC[C@H](COP(=O)(O)OC[C@H](O)COP(=O)(O)OC[C@@H](COC(=O)CCCCCCC/C=C\C=C/CCCCCC)OC(=O)CCCCCCC/C=C\CCCCCC)OC(=O)CCCCCCC/C=C\C=C/CCCCCC. The second-order valence-electron chi connectivity index (χ2n) is 26.0. The number of rotatable bonds is 73. The normalized spacial score (nSPS) is 14.4. The lowest BCUT2D eigenvalue weighted by atomic mass is 10.1. The van der Waals surface area contributed by atoms with E-state index < -0.39 is 97.5 Å². The molecule has 0 rings (SSSR count). The van der Waals surface area contributed by atoms with Gasteiger partial charge in [-0.05, 0) is 128 Å². The van der Waals surface area contributed by atoms with E-state index in [2.05, 4.69) is 113 Å². The smallest absolute Gasteiger partial charge is 0.462 e. The third kappa shape index (κ3) is 70.7. The Balaban J connectivity index is 5.38. The van der Waals surface area contributed by atoms with Crippen LogP contribution in [0, 0.1) is 0 Å². The molecule has 0 radical (unpaired) electrons. The first-order chi connectivity index (χ1) is 47.7. The summed E-state index contributed by atoms with van der Waals surface area (Å²) in [4.78, 5) is 72.9. The van der Waals surface area contributed by atoms with Crippen molar-refractivity contribution in [2.45, 2.75) is 354 Å². The molecule has 17 nitrogen and oxygen atoms in total. The number of aliphatic hydroxyl groups excluding tert-OH is 1. The third-order valence-electron chi connectivity index (χ3n) is 16.4. The van der Waals surface area contributed by atoms with E-state index in [0.717, 1.165) is 154 Å². The van der Waals surface area contributed by atoms with E-state index >= 15 is 0 Å². The highest BCUT2D eigenvalue weighted by Crippen LogP contribution is 2.45. The lowest BCUT2D eigenvalue weighted by Crippen LogP contribution is -2.30. The van der Waals surface area contributed by atoms with E-state index in [1.807, 2.05) is 0 Å². The van der Waals surface area contributed by atoms with Crippen LogP contribution in [0.1, 0.15) is 336 Å². The average Bonchev–Trinajstić information content (AvgIpc) is 1.04. The molecular formula is C79H140O17P2. The van der Waals surface area contributed by atoms with Gasteiger partial charge in [0.05, 0.1) is 26.4 Å². The average molecular weight is 1420 g/mol. The second kappa shape index (κ2) is 71.6. The van der Waals surface area contributed by atoms with Gasteiger partial charge >= 0.3 is 39.5 Å². The maximum Gasteiger partial charge on any atom is 0.472 e. The van der Waals surface area contributed by atoms with Crippen LogP contribution in [-0.2, 0) is 65.4 Å². The lowest BCUT2D eigenvalue weighted by Gasteiger charge is -2.21. The van der Waals surface area contributed by atoms with Gasteiger partial charge in [0.1, 0.15) is 19.3 Å². The monoisotopic (exact) mass is 1420 g/mol. The summed E-state index contributed by atoms with van der Waals surface area (Å²) in [6, 6.07) is 0. The molecule has 0 aromatic carbocycles. The molecule has 2 unspecified atom stereocenters. The third-order valence-corrected chi connectivity index (χ3v) is 18.3. The number of carbonyl (C=O) groups is 4. The summed E-state index contributed by atoms with van der Waals surface area (Å²) in [7, 11) is -9.96. The van der Waals surface area contributed by atoms with E-state index in [-0.39, 0.29) is 25.7 Å². The fourth-order valence-corrected chi connectivity index (χ4v) is 11.9. The number of unbranched alkanes of at least 4 members (excludes halogenated alkanes) is 36. The van der Waals surface area contributed by atoms with E-state index in [9.17, 15) is 43.2 Å². The standard InChI is InChI=1S/C79H140O17P2/c1-5-9-13-17-21-25-29-33-36-40-43-47-51-55-59-63-76(81)89-69-74(95-78(83)65-61-57-53-49-45-39-32-28-24-20-16-12-8-4)71-93-97(85,86)91-67-73(80)68-92-98(87,88)94-72-75(96-79(84)66-62-58-54-50-46-42-38-35-31-27-23-19-15-11-7-3)70-90-77(82)64-60-56-52-48-44-41-37-34-30-26-22-18-14-10-6-2/h25-38,73-75,80H,5-24,39-72H2,1-4H3,(H,85,86)(H,87,88)/b29-25-,30-26-,31-27-,32-28-,36-33-,37-34-,38-35-/t73-,74-,75-/m1/s1. The molecule has 0 aliphatic rings. The number of phosphoric ester groups is 2. The topological polar surface area (TPSA) is 237 Å². The Morgan fingerprint density at radius 1 is 0.286 bits per heavy atom. The number of phosphoric acid groups is 2. The Bertz CT molecular complexity index is 2190. The number of allylic oxidation sites excluding steroid dienone is 14. The van der Waals surface area contributed by atoms with Crippen molar-refractivity contribution >= 4 is 39.5 Å².